The van der Waals surface area contributed by atoms with E-state index in [1.54, 1.807) is 24.4 Å². The molecule has 1 atom stereocenters. The molecule has 6 nitrogen and oxygen atoms in total. The lowest BCUT2D eigenvalue weighted by Gasteiger charge is -2.24. The third-order valence-corrected chi connectivity index (χ3v) is 2.41. The van der Waals surface area contributed by atoms with E-state index in [0.717, 1.165) is 0 Å². The highest BCUT2D eigenvalue weighted by molar-refractivity contribution is 5.53. The van der Waals surface area contributed by atoms with Gasteiger partial charge in [0, 0.05) is 12.4 Å². The molecular weight excluding hydrogens is 232 g/mol. The standard InChI is InChI=1S/C12H9N4O2/c13-8-9(10-4-1-2-6-14-10)12-11(16(17)18)5-3-7-15-12/h1-7,9,17H/q-1/t9-/m0/s1. The summed E-state index contributed by atoms with van der Waals surface area (Å²) in [4.78, 5) is 8.05. The lowest BCUT2D eigenvalue weighted by molar-refractivity contribution is 0.295. The van der Waals surface area contributed by atoms with Gasteiger partial charge in [0.15, 0.2) is 0 Å². The average molecular weight is 241 g/mol. The summed E-state index contributed by atoms with van der Waals surface area (Å²) in [5.74, 6) is -0.800. The first-order valence-electron chi connectivity index (χ1n) is 5.15. The summed E-state index contributed by atoms with van der Waals surface area (Å²) in [5, 5.41) is 28.9. The first-order valence-corrected chi connectivity index (χ1v) is 5.15. The molecule has 0 unspecified atom stereocenters. The third-order valence-electron chi connectivity index (χ3n) is 2.41. The highest BCUT2D eigenvalue weighted by atomic mass is 16.8. The molecule has 2 heterocycles. The van der Waals surface area contributed by atoms with Crippen molar-refractivity contribution in [2.24, 2.45) is 0 Å². The van der Waals surface area contributed by atoms with Gasteiger partial charge in [-0.1, -0.05) is 6.07 Å². The Bertz CT molecular complexity index is 566. The van der Waals surface area contributed by atoms with Gasteiger partial charge in [-0.25, -0.2) is 0 Å². The summed E-state index contributed by atoms with van der Waals surface area (Å²) in [6.45, 7) is 0. The molecule has 90 valence electrons. The molecule has 0 aliphatic rings. The predicted molar refractivity (Wildman–Crippen MR) is 63.6 cm³/mol. The molecule has 0 spiro atoms. The van der Waals surface area contributed by atoms with Gasteiger partial charge in [-0.05, 0) is 24.3 Å². The SMILES string of the molecule is N#C[C@@H](c1ccccn1)c1ncccc1N([O-])O. The summed E-state index contributed by atoms with van der Waals surface area (Å²) in [5.41, 5.74) is 0.590. The zero-order valence-electron chi connectivity index (χ0n) is 9.26. The fraction of sp³-hybridized carbons (Fsp3) is 0.0833. The van der Waals surface area contributed by atoms with Crippen LogP contribution in [0.25, 0.3) is 0 Å². The van der Waals surface area contributed by atoms with Crippen LogP contribution in [-0.4, -0.2) is 15.2 Å². The quantitative estimate of drug-likeness (QED) is 0.823. The monoisotopic (exact) mass is 241 g/mol. The minimum absolute atomic E-state index is 0.0605. The maximum atomic E-state index is 11.0. The lowest BCUT2D eigenvalue weighted by atomic mass is 10.0. The second kappa shape index (κ2) is 5.23. The smallest absolute Gasteiger partial charge is 0.132 e. The Morgan fingerprint density at radius 3 is 2.61 bits per heavy atom. The van der Waals surface area contributed by atoms with Gasteiger partial charge in [0.1, 0.15) is 5.92 Å². The predicted octanol–water partition coefficient (Wildman–Crippen LogP) is 1.83. The molecule has 0 aliphatic carbocycles. The Morgan fingerprint density at radius 2 is 2.00 bits per heavy atom. The van der Waals surface area contributed by atoms with E-state index in [9.17, 15) is 10.5 Å². The molecule has 0 saturated heterocycles. The first-order chi connectivity index (χ1) is 8.74. The molecule has 2 aromatic rings. The Kier molecular flexibility index (Phi) is 3.48. The summed E-state index contributed by atoms with van der Waals surface area (Å²) >= 11 is 0. The third kappa shape index (κ3) is 2.27. The van der Waals surface area contributed by atoms with Crippen LogP contribution in [0.15, 0.2) is 42.7 Å². The normalized spacial score (nSPS) is 11.6. The van der Waals surface area contributed by atoms with E-state index >= 15 is 0 Å². The Hall–Kier alpha value is -2.49. The zero-order valence-corrected chi connectivity index (χ0v) is 9.26. The van der Waals surface area contributed by atoms with Gasteiger partial charge < -0.3 is 10.4 Å². The Morgan fingerprint density at radius 1 is 1.22 bits per heavy atom. The minimum Gasteiger partial charge on any atom is -0.733 e. The van der Waals surface area contributed by atoms with Crippen LogP contribution in [0, 0.1) is 16.5 Å². The van der Waals surface area contributed by atoms with Crippen molar-refractivity contribution in [2.75, 3.05) is 5.23 Å². The molecule has 0 saturated carbocycles. The molecule has 2 rings (SSSR count). The topological polar surface area (TPSA) is 96.1 Å². The fourth-order valence-corrected chi connectivity index (χ4v) is 1.61. The highest BCUT2D eigenvalue weighted by Crippen LogP contribution is 2.28. The van der Waals surface area contributed by atoms with Gasteiger partial charge in [-0.3, -0.25) is 15.2 Å². The molecule has 6 heteroatoms. The van der Waals surface area contributed by atoms with Crippen LogP contribution in [0.4, 0.5) is 5.69 Å². The van der Waals surface area contributed by atoms with Crippen molar-refractivity contribution in [3.8, 4) is 6.07 Å². The van der Waals surface area contributed by atoms with Gasteiger partial charge in [-0.15, -0.1) is 0 Å². The molecule has 1 N–H and O–H groups in total. The number of aromatic nitrogens is 2. The van der Waals surface area contributed by atoms with E-state index in [2.05, 4.69) is 9.97 Å². The maximum Gasteiger partial charge on any atom is 0.132 e. The van der Waals surface area contributed by atoms with Crippen LogP contribution in [0.3, 0.4) is 0 Å². The van der Waals surface area contributed by atoms with Crippen molar-refractivity contribution >= 4 is 5.69 Å². The molecule has 0 aliphatic heterocycles. The molecule has 0 amide bonds. The van der Waals surface area contributed by atoms with Crippen molar-refractivity contribution in [1.29, 1.82) is 5.26 Å². The van der Waals surface area contributed by atoms with Gasteiger partial charge in [0.25, 0.3) is 0 Å². The number of rotatable bonds is 3. The van der Waals surface area contributed by atoms with Crippen LogP contribution in [0.5, 0.6) is 0 Å². The number of anilines is 1. The summed E-state index contributed by atoms with van der Waals surface area (Å²) in [6.07, 6.45) is 3.01. The van der Waals surface area contributed by atoms with Crippen LogP contribution < -0.4 is 5.23 Å². The van der Waals surface area contributed by atoms with Crippen LogP contribution >= 0.6 is 0 Å². The Labute approximate surface area is 103 Å². The van der Waals surface area contributed by atoms with Gasteiger partial charge in [0.2, 0.25) is 0 Å². The van der Waals surface area contributed by atoms with E-state index < -0.39 is 5.92 Å². The number of hydrogen-bond donors (Lipinski definition) is 1. The van der Waals surface area contributed by atoms with E-state index in [4.69, 9.17) is 5.21 Å². The molecule has 0 aromatic carbocycles. The molecule has 0 fully saturated rings. The van der Waals surface area contributed by atoms with Crippen molar-refractivity contribution < 1.29 is 5.21 Å². The highest BCUT2D eigenvalue weighted by Gasteiger charge is 2.19. The number of nitrogens with zero attached hydrogens (tertiary/aromatic N) is 4. The maximum absolute atomic E-state index is 11.0. The second-order valence-electron chi connectivity index (χ2n) is 3.50. The van der Waals surface area contributed by atoms with Gasteiger partial charge in [-0.2, -0.15) is 5.26 Å². The van der Waals surface area contributed by atoms with E-state index in [-0.39, 0.29) is 16.6 Å². The van der Waals surface area contributed by atoms with Gasteiger partial charge in [0.05, 0.1) is 23.1 Å². The van der Waals surface area contributed by atoms with E-state index in [0.29, 0.717) is 5.69 Å². The number of pyridine rings is 2. The minimum atomic E-state index is -0.800. The molecule has 2 aromatic heterocycles. The Balaban J connectivity index is 2.50. The fourth-order valence-electron chi connectivity index (χ4n) is 1.61. The van der Waals surface area contributed by atoms with Crippen LogP contribution in [0.2, 0.25) is 0 Å². The molecule has 0 radical (unpaired) electrons. The molecule has 0 bridgehead atoms. The zero-order chi connectivity index (χ0) is 13.0. The summed E-state index contributed by atoms with van der Waals surface area (Å²) in [7, 11) is 0. The van der Waals surface area contributed by atoms with E-state index in [1.165, 1.54) is 18.3 Å². The first kappa shape index (κ1) is 12.0. The number of hydrogen-bond acceptors (Lipinski definition) is 6. The second-order valence-corrected chi connectivity index (χ2v) is 3.50. The van der Waals surface area contributed by atoms with Crippen molar-refractivity contribution in [2.45, 2.75) is 5.92 Å². The summed E-state index contributed by atoms with van der Waals surface area (Å²) < 4.78 is 0. The van der Waals surface area contributed by atoms with Gasteiger partial charge >= 0.3 is 0 Å². The number of nitriles is 1. The van der Waals surface area contributed by atoms with E-state index in [1.807, 2.05) is 6.07 Å². The molecule has 18 heavy (non-hydrogen) atoms. The van der Waals surface area contributed by atoms with Crippen molar-refractivity contribution in [3.63, 3.8) is 0 Å². The van der Waals surface area contributed by atoms with Crippen molar-refractivity contribution in [1.82, 2.24) is 9.97 Å². The van der Waals surface area contributed by atoms with Crippen molar-refractivity contribution in [3.05, 3.63) is 59.3 Å². The van der Waals surface area contributed by atoms with Crippen LogP contribution in [0.1, 0.15) is 17.3 Å². The largest absolute Gasteiger partial charge is 0.733 e. The van der Waals surface area contributed by atoms with Crippen LogP contribution in [-0.2, 0) is 0 Å². The lowest BCUT2D eigenvalue weighted by Crippen LogP contribution is -2.14. The average Bonchev–Trinajstić information content (AvgIpc) is 2.41. The summed E-state index contributed by atoms with van der Waals surface area (Å²) in [6, 6.07) is 10.1. The molecular formula is C12H9N4O2-.